The molecule has 0 bridgehead atoms. The molecule has 0 aliphatic carbocycles. The van der Waals surface area contributed by atoms with Gasteiger partial charge in [-0.05, 0) is 63.6 Å². The minimum Gasteiger partial charge on any atom is -0.497 e. The summed E-state index contributed by atoms with van der Waals surface area (Å²) in [6.45, 7) is 12.0. The molecule has 0 saturated carbocycles. The number of hydrogen-bond donors (Lipinski definition) is 0. The Morgan fingerprint density at radius 1 is 1.11 bits per heavy atom. The van der Waals surface area contributed by atoms with Crippen LogP contribution in [0.1, 0.15) is 55.3 Å². The monoisotopic (exact) mass is 474 g/mol. The molecule has 6 heteroatoms. The van der Waals surface area contributed by atoms with Crippen LogP contribution in [0.25, 0.3) is 5.69 Å². The second-order valence-electron chi connectivity index (χ2n) is 9.79. The second kappa shape index (κ2) is 11.1. The van der Waals surface area contributed by atoms with E-state index in [1.165, 1.54) is 16.8 Å². The molecule has 1 amide bonds. The molecule has 0 spiro atoms. The van der Waals surface area contributed by atoms with Crippen molar-refractivity contribution in [1.82, 2.24) is 19.6 Å². The van der Waals surface area contributed by atoms with E-state index in [2.05, 4.69) is 61.5 Å². The third-order valence-electron chi connectivity index (χ3n) is 6.82. The number of rotatable bonds is 9. The largest absolute Gasteiger partial charge is 0.497 e. The van der Waals surface area contributed by atoms with Gasteiger partial charge in [0.2, 0.25) is 5.91 Å². The first-order valence-corrected chi connectivity index (χ1v) is 12.7. The van der Waals surface area contributed by atoms with E-state index in [9.17, 15) is 4.79 Å². The Hall–Kier alpha value is -3.12. The van der Waals surface area contributed by atoms with Crippen molar-refractivity contribution < 1.29 is 9.53 Å². The van der Waals surface area contributed by atoms with Gasteiger partial charge < -0.3 is 9.64 Å². The number of carbonyl (C=O) groups is 1. The Morgan fingerprint density at radius 2 is 1.83 bits per heavy atom. The Bertz CT molecular complexity index is 1130. The highest BCUT2D eigenvalue weighted by Crippen LogP contribution is 2.27. The smallest absolute Gasteiger partial charge is 0.227 e. The minimum absolute atomic E-state index is 0.0799. The summed E-state index contributed by atoms with van der Waals surface area (Å²) >= 11 is 0. The van der Waals surface area contributed by atoms with Gasteiger partial charge in [-0.15, -0.1) is 0 Å². The standard InChI is InChI=1S/C29H38N4O2/c1-6-16-31-17-15-28-26(19-31)27(30-33(28)24-11-7-22(4)8-12-24)20-32(21(2)3)29(34)18-23-9-13-25(35-5)14-10-23/h7-14,21H,6,15-20H2,1-5H3. The summed E-state index contributed by atoms with van der Waals surface area (Å²) in [6.07, 6.45) is 2.47. The van der Waals surface area contributed by atoms with E-state index in [-0.39, 0.29) is 11.9 Å². The van der Waals surface area contributed by atoms with Gasteiger partial charge in [0.1, 0.15) is 5.75 Å². The van der Waals surface area contributed by atoms with Crippen LogP contribution in [0.15, 0.2) is 48.5 Å². The molecule has 0 N–H and O–H groups in total. The summed E-state index contributed by atoms with van der Waals surface area (Å²) in [5.41, 5.74) is 6.89. The lowest BCUT2D eigenvalue weighted by Crippen LogP contribution is -2.38. The maximum absolute atomic E-state index is 13.4. The van der Waals surface area contributed by atoms with E-state index in [1.807, 2.05) is 29.2 Å². The lowest BCUT2D eigenvalue weighted by atomic mass is 10.0. The number of carbonyl (C=O) groups excluding carboxylic acids is 1. The summed E-state index contributed by atoms with van der Waals surface area (Å²) in [7, 11) is 1.65. The molecule has 2 aromatic carbocycles. The second-order valence-corrected chi connectivity index (χ2v) is 9.79. The van der Waals surface area contributed by atoms with Gasteiger partial charge >= 0.3 is 0 Å². The number of ether oxygens (including phenoxy) is 1. The molecule has 186 valence electrons. The molecule has 1 aliphatic rings. The van der Waals surface area contributed by atoms with Gasteiger partial charge in [0.25, 0.3) is 0 Å². The Labute approximate surface area is 209 Å². The van der Waals surface area contributed by atoms with Crippen LogP contribution in [0.4, 0.5) is 0 Å². The average Bonchev–Trinajstić information content (AvgIpc) is 3.21. The first kappa shape index (κ1) is 25.0. The maximum Gasteiger partial charge on any atom is 0.227 e. The number of aromatic nitrogens is 2. The summed E-state index contributed by atoms with van der Waals surface area (Å²) in [5, 5.41) is 5.10. The van der Waals surface area contributed by atoms with Gasteiger partial charge in [0.05, 0.1) is 37.2 Å². The van der Waals surface area contributed by atoms with Crippen LogP contribution in [0.5, 0.6) is 5.75 Å². The fraction of sp³-hybridized carbons (Fsp3) is 0.448. The highest BCUT2D eigenvalue weighted by atomic mass is 16.5. The lowest BCUT2D eigenvalue weighted by molar-refractivity contribution is -0.132. The summed E-state index contributed by atoms with van der Waals surface area (Å²) in [6, 6.07) is 16.4. The van der Waals surface area contributed by atoms with Gasteiger partial charge in [-0.25, -0.2) is 4.68 Å². The van der Waals surface area contributed by atoms with Gasteiger partial charge in [0, 0.05) is 31.1 Å². The van der Waals surface area contributed by atoms with Crippen molar-refractivity contribution in [3.63, 3.8) is 0 Å². The Balaban J connectivity index is 1.63. The van der Waals surface area contributed by atoms with Crippen molar-refractivity contribution in [2.24, 2.45) is 0 Å². The SMILES string of the molecule is CCCN1CCc2c(c(CN(C(=O)Cc3ccc(OC)cc3)C(C)C)nn2-c2ccc(C)cc2)C1. The Kier molecular flexibility index (Phi) is 7.91. The fourth-order valence-electron chi connectivity index (χ4n) is 4.82. The van der Waals surface area contributed by atoms with Crippen LogP contribution in [-0.2, 0) is 30.7 Å². The molecule has 35 heavy (non-hydrogen) atoms. The number of amides is 1. The van der Waals surface area contributed by atoms with E-state index < -0.39 is 0 Å². The molecule has 3 aromatic rings. The maximum atomic E-state index is 13.4. The Morgan fingerprint density at radius 3 is 2.46 bits per heavy atom. The molecule has 0 saturated heterocycles. The molecule has 1 aromatic heterocycles. The zero-order valence-corrected chi connectivity index (χ0v) is 21.8. The highest BCUT2D eigenvalue weighted by molar-refractivity contribution is 5.79. The van der Waals surface area contributed by atoms with Crippen molar-refractivity contribution in [1.29, 1.82) is 0 Å². The fourth-order valence-corrected chi connectivity index (χ4v) is 4.82. The number of benzene rings is 2. The zero-order chi connectivity index (χ0) is 24.9. The van der Waals surface area contributed by atoms with E-state index in [4.69, 9.17) is 9.84 Å². The van der Waals surface area contributed by atoms with Gasteiger partial charge in [-0.3, -0.25) is 9.69 Å². The van der Waals surface area contributed by atoms with E-state index in [0.717, 1.165) is 55.2 Å². The third kappa shape index (κ3) is 5.76. The van der Waals surface area contributed by atoms with Crippen molar-refractivity contribution >= 4 is 5.91 Å². The number of fused-ring (bicyclic) bond motifs is 1. The zero-order valence-electron chi connectivity index (χ0n) is 21.8. The van der Waals surface area contributed by atoms with Crippen molar-refractivity contribution in [3.05, 3.63) is 76.6 Å². The van der Waals surface area contributed by atoms with Crippen LogP contribution in [0.2, 0.25) is 0 Å². The van der Waals surface area contributed by atoms with Gasteiger partial charge in [-0.2, -0.15) is 5.10 Å². The predicted molar refractivity (Wildman–Crippen MR) is 140 cm³/mol. The third-order valence-corrected chi connectivity index (χ3v) is 6.82. The first-order chi connectivity index (χ1) is 16.9. The molecule has 1 aliphatic heterocycles. The molecular weight excluding hydrogens is 436 g/mol. The summed E-state index contributed by atoms with van der Waals surface area (Å²) < 4.78 is 7.36. The van der Waals surface area contributed by atoms with E-state index >= 15 is 0 Å². The van der Waals surface area contributed by atoms with Gasteiger partial charge in [0.15, 0.2) is 0 Å². The minimum atomic E-state index is 0.0799. The highest BCUT2D eigenvalue weighted by Gasteiger charge is 2.28. The lowest BCUT2D eigenvalue weighted by Gasteiger charge is -2.29. The van der Waals surface area contributed by atoms with Crippen molar-refractivity contribution in [2.75, 3.05) is 20.2 Å². The van der Waals surface area contributed by atoms with E-state index in [1.54, 1.807) is 7.11 Å². The first-order valence-electron chi connectivity index (χ1n) is 12.7. The molecule has 0 atom stereocenters. The summed E-state index contributed by atoms with van der Waals surface area (Å²) in [4.78, 5) is 17.9. The number of aryl methyl sites for hydroxylation is 1. The molecule has 0 fully saturated rings. The van der Waals surface area contributed by atoms with Crippen molar-refractivity contribution in [3.8, 4) is 11.4 Å². The normalized spacial score (nSPS) is 13.7. The van der Waals surface area contributed by atoms with E-state index in [0.29, 0.717) is 13.0 Å². The quantitative estimate of drug-likeness (QED) is 0.441. The molecule has 0 unspecified atom stereocenters. The van der Waals surface area contributed by atoms with Crippen LogP contribution in [0, 0.1) is 6.92 Å². The number of nitrogens with zero attached hydrogens (tertiary/aromatic N) is 4. The van der Waals surface area contributed by atoms with Crippen LogP contribution >= 0.6 is 0 Å². The molecule has 4 rings (SSSR count). The summed E-state index contributed by atoms with van der Waals surface area (Å²) in [5.74, 6) is 0.914. The van der Waals surface area contributed by atoms with Crippen LogP contribution in [-0.4, -0.2) is 51.7 Å². The van der Waals surface area contributed by atoms with Crippen LogP contribution < -0.4 is 4.74 Å². The number of methoxy groups -OCH3 is 1. The molecular formula is C29H38N4O2. The average molecular weight is 475 g/mol. The topological polar surface area (TPSA) is 50.6 Å². The molecule has 0 radical (unpaired) electrons. The van der Waals surface area contributed by atoms with Gasteiger partial charge in [-0.1, -0.05) is 36.8 Å². The van der Waals surface area contributed by atoms with Crippen molar-refractivity contribution in [2.45, 2.75) is 66.1 Å². The molecule has 6 nitrogen and oxygen atoms in total. The number of hydrogen-bond acceptors (Lipinski definition) is 4. The predicted octanol–water partition coefficient (Wildman–Crippen LogP) is 4.94. The molecule has 2 heterocycles. The van der Waals surface area contributed by atoms with Crippen LogP contribution in [0.3, 0.4) is 0 Å².